The molecule has 0 saturated carbocycles. The van der Waals surface area contributed by atoms with Gasteiger partial charge in [-0.3, -0.25) is 14.8 Å². The average molecular weight is 487 g/mol. The number of ether oxygens (including phenoxy) is 1. The topological polar surface area (TPSA) is 110 Å². The van der Waals surface area contributed by atoms with Crippen LogP contribution in [0.15, 0.2) is 83.2 Å². The molecule has 0 saturated heterocycles. The summed E-state index contributed by atoms with van der Waals surface area (Å²) in [6.07, 6.45) is 0. The standard InChI is InChI=1S/C21H15ClN4O4S2/c22-15-8-6-14(7-9-15)19(27)23-20-24-25-21(31-20)32(28,29)26-16-10-12-18(13-11-16)30-17-4-2-1-3-5-17/h1-13,26H,(H,23,24,27). The molecule has 162 valence electrons. The van der Waals surface area contributed by atoms with Crippen molar-refractivity contribution < 1.29 is 17.9 Å². The molecule has 0 spiro atoms. The first-order chi connectivity index (χ1) is 15.4. The quantitative estimate of drug-likeness (QED) is 0.354. The summed E-state index contributed by atoms with van der Waals surface area (Å²) in [5, 5.41) is 10.5. The molecular formula is C21H15ClN4O4S2. The summed E-state index contributed by atoms with van der Waals surface area (Å²) in [5.41, 5.74) is 0.678. The zero-order chi connectivity index (χ0) is 22.6. The van der Waals surface area contributed by atoms with Crippen LogP contribution in [0.3, 0.4) is 0 Å². The highest BCUT2D eigenvalue weighted by atomic mass is 35.5. The van der Waals surface area contributed by atoms with Gasteiger partial charge in [-0.15, -0.1) is 10.2 Å². The molecule has 3 aromatic carbocycles. The predicted molar refractivity (Wildman–Crippen MR) is 123 cm³/mol. The van der Waals surface area contributed by atoms with E-state index in [0.29, 0.717) is 27.8 Å². The summed E-state index contributed by atoms with van der Waals surface area (Å²) in [7, 11) is -3.98. The number of nitrogens with one attached hydrogen (secondary N) is 2. The van der Waals surface area contributed by atoms with E-state index in [9.17, 15) is 13.2 Å². The molecule has 32 heavy (non-hydrogen) atoms. The van der Waals surface area contributed by atoms with Gasteiger partial charge in [-0.1, -0.05) is 41.1 Å². The molecular weight excluding hydrogens is 472 g/mol. The molecule has 2 N–H and O–H groups in total. The van der Waals surface area contributed by atoms with E-state index in [0.717, 1.165) is 11.3 Å². The van der Waals surface area contributed by atoms with Crippen LogP contribution in [0.1, 0.15) is 10.4 Å². The lowest BCUT2D eigenvalue weighted by molar-refractivity contribution is 0.102. The Bertz CT molecular complexity index is 1330. The second-order valence-electron chi connectivity index (χ2n) is 6.38. The normalized spacial score (nSPS) is 11.0. The van der Waals surface area contributed by atoms with Gasteiger partial charge in [-0.2, -0.15) is 8.42 Å². The number of carbonyl (C=O) groups is 1. The van der Waals surface area contributed by atoms with Crippen LogP contribution < -0.4 is 14.8 Å². The number of benzene rings is 3. The number of para-hydroxylation sites is 1. The molecule has 1 aromatic heterocycles. The number of rotatable bonds is 7. The number of nitrogens with zero attached hydrogens (tertiary/aromatic N) is 2. The fraction of sp³-hybridized carbons (Fsp3) is 0. The molecule has 0 fully saturated rings. The summed E-state index contributed by atoms with van der Waals surface area (Å²) >= 11 is 6.54. The molecule has 0 atom stereocenters. The Kier molecular flexibility index (Phi) is 6.35. The first-order valence-electron chi connectivity index (χ1n) is 9.15. The Balaban J connectivity index is 1.41. The minimum absolute atomic E-state index is 0.0527. The number of sulfonamides is 1. The molecule has 1 amide bonds. The van der Waals surface area contributed by atoms with Gasteiger partial charge in [0.25, 0.3) is 20.3 Å². The summed E-state index contributed by atoms with van der Waals surface area (Å²) in [5.74, 6) is 0.772. The number of hydrogen-bond acceptors (Lipinski definition) is 7. The molecule has 1 heterocycles. The first kappa shape index (κ1) is 21.8. The van der Waals surface area contributed by atoms with Gasteiger partial charge in [0.1, 0.15) is 11.5 Å². The van der Waals surface area contributed by atoms with Crippen molar-refractivity contribution >= 4 is 49.7 Å². The minimum atomic E-state index is -3.98. The van der Waals surface area contributed by atoms with E-state index in [-0.39, 0.29) is 9.47 Å². The highest BCUT2D eigenvalue weighted by Crippen LogP contribution is 2.26. The molecule has 0 bridgehead atoms. The number of amides is 1. The molecule has 0 unspecified atom stereocenters. The van der Waals surface area contributed by atoms with Crippen LogP contribution in [-0.2, 0) is 10.0 Å². The number of hydrogen-bond donors (Lipinski definition) is 2. The Morgan fingerprint density at radius 2 is 1.53 bits per heavy atom. The van der Waals surface area contributed by atoms with Gasteiger partial charge in [0.05, 0.1) is 0 Å². The summed E-state index contributed by atoms with van der Waals surface area (Å²) < 4.78 is 33.1. The van der Waals surface area contributed by atoms with Crippen molar-refractivity contribution in [1.29, 1.82) is 0 Å². The third-order valence-electron chi connectivity index (χ3n) is 4.05. The highest BCUT2D eigenvalue weighted by Gasteiger charge is 2.21. The lowest BCUT2D eigenvalue weighted by Crippen LogP contribution is -2.12. The van der Waals surface area contributed by atoms with Crippen LogP contribution in [0.2, 0.25) is 5.02 Å². The van der Waals surface area contributed by atoms with E-state index in [2.05, 4.69) is 20.2 Å². The van der Waals surface area contributed by atoms with Crippen LogP contribution in [-0.4, -0.2) is 24.5 Å². The maximum Gasteiger partial charge on any atom is 0.291 e. The maximum absolute atomic E-state index is 12.6. The van der Waals surface area contributed by atoms with Gasteiger partial charge < -0.3 is 4.74 Å². The van der Waals surface area contributed by atoms with Crippen LogP contribution in [0.5, 0.6) is 11.5 Å². The van der Waals surface area contributed by atoms with Gasteiger partial charge in [-0.25, -0.2) is 0 Å². The van der Waals surface area contributed by atoms with E-state index in [1.54, 1.807) is 48.5 Å². The largest absolute Gasteiger partial charge is 0.457 e. The minimum Gasteiger partial charge on any atom is -0.457 e. The zero-order valence-corrected chi connectivity index (χ0v) is 18.6. The molecule has 8 nitrogen and oxygen atoms in total. The van der Waals surface area contributed by atoms with Crippen molar-refractivity contribution in [2.45, 2.75) is 4.34 Å². The smallest absolute Gasteiger partial charge is 0.291 e. The number of aromatic nitrogens is 2. The fourth-order valence-electron chi connectivity index (χ4n) is 2.55. The summed E-state index contributed by atoms with van der Waals surface area (Å²) in [4.78, 5) is 12.2. The lowest BCUT2D eigenvalue weighted by atomic mass is 10.2. The average Bonchev–Trinajstić information content (AvgIpc) is 3.26. The van der Waals surface area contributed by atoms with Gasteiger partial charge in [-0.05, 0) is 60.7 Å². The monoisotopic (exact) mass is 486 g/mol. The molecule has 0 aliphatic rings. The van der Waals surface area contributed by atoms with Gasteiger partial charge in [0.2, 0.25) is 5.13 Å². The Labute approximate surface area is 192 Å². The van der Waals surface area contributed by atoms with Gasteiger partial charge >= 0.3 is 0 Å². The van der Waals surface area contributed by atoms with Crippen molar-refractivity contribution in [3.63, 3.8) is 0 Å². The molecule has 11 heteroatoms. The first-order valence-corrected chi connectivity index (χ1v) is 11.8. The van der Waals surface area contributed by atoms with E-state index in [4.69, 9.17) is 16.3 Å². The molecule has 0 aliphatic heterocycles. The maximum atomic E-state index is 12.6. The lowest BCUT2D eigenvalue weighted by Gasteiger charge is -2.08. The van der Waals surface area contributed by atoms with Crippen LogP contribution >= 0.6 is 22.9 Å². The summed E-state index contributed by atoms with van der Waals surface area (Å²) in [6.45, 7) is 0. The number of halogens is 1. The molecule has 4 rings (SSSR count). The van der Waals surface area contributed by atoms with Crippen molar-refractivity contribution in [3.8, 4) is 11.5 Å². The fourth-order valence-corrected chi connectivity index (χ4v) is 4.63. The van der Waals surface area contributed by atoms with E-state index in [1.165, 1.54) is 0 Å². The zero-order valence-electron chi connectivity index (χ0n) is 16.2. The number of anilines is 2. The molecule has 4 aromatic rings. The SMILES string of the molecule is O=C(Nc1nnc(S(=O)(=O)Nc2ccc(Oc3ccccc3)cc2)s1)c1ccc(Cl)cc1. The number of carbonyl (C=O) groups excluding carboxylic acids is 1. The predicted octanol–water partition coefficient (Wildman–Crippen LogP) is 5.04. The second kappa shape index (κ2) is 9.35. The highest BCUT2D eigenvalue weighted by molar-refractivity contribution is 7.94. The van der Waals surface area contributed by atoms with Crippen LogP contribution in [0.25, 0.3) is 0 Å². The van der Waals surface area contributed by atoms with Gasteiger partial charge in [0, 0.05) is 16.3 Å². The van der Waals surface area contributed by atoms with Gasteiger partial charge in [0.15, 0.2) is 0 Å². The van der Waals surface area contributed by atoms with Crippen molar-refractivity contribution in [3.05, 3.63) is 89.4 Å². The van der Waals surface area contributed by atoms with Crippen molar-refractivity contribution in [2.75, 3.05) is 10.0 Å². The Morgan fingerprint density at radius 3 is 2.22 bits per heavy atom. The van der Waals surface area contributed by atoms with Crippen LogP contribution in [0.4, 0.5) is 10.8 Å². The van der Waals surface area contributed by atoms with Crippen LogP contribution in [0, 0.1) is 0 Å². The van der Waals surface area contributed by atoms with E-state index < -0.39 is 15.9 Å². The molecule has 0 radical (unpaired) electrons. The third-order valence-corrected chi connectivity index (χ3v) is 6.89. The Hall–Kier alpha value is -3.47. The van der Waals surface area contributed by atoms with Crippen molar-refractivity contribution in [1.82, 2.24) is 10.2 Å². The summed E-state index contributed by atoms with van der Waals surface area (Å²) in [6, 6.07) is 21.9. The van der Waals surface area contributed by atoms with Crippen molar-refractivity contribution in [2.24, 2.45) is 0 Å². The Morgan fingerprint density at radius 1 is 0.875 bits per heavy atom. The van der Waals surface area contributed by atoms with E-state index >= 15 is 0 Å². The third kappa shape index (κ3) is 5.41. The van der Waals surface area contributed by atoms with E-state index in [1.807, 2.05) is 30.3 Å². The molecule has 0 aliphatic carbocycles. The second-order valence-corrected chi connectivity index (χ2v) is 9.65.